The number of ether oxygens (including phenoxy) is 1. The first kappa shape index (κ1) is 21.4. The van der Waals surface area contributed by atoms with Crippen molar-refractivity contribution in [1.29, 1.82) is 0 Å². The van der Waals surface area contributed by atoms with Crippen LogP contribution in [0.25, 0.3) is 5.57 Å². The second-order valence-electron chi connectivity index (χ2n) is 8.56. The number of likely N-dealkylation sites (tertiary alicyclic amines) is 1. The molecule has 5 nitrogen and oxygen atoms in total. The van der Waals surface area contributed by atoms with Gasteiger partial charge >= 0.3 is 0 Å². The highest BCUT2D eigenvalue weighted by Crippen LogP contribution is 2.35. The third kappa shape index (κ3) is 4.65. The molecule has 0 saturated carbocycles. The molecule has 2 amide bonds. The first-order chi connectivity index (χ1) is 14.0. The van der Waals surface area contributed by atoms with E-state index >= 15 is 0 Å². The molecule has 0 radical (unpaired) electrons. The third-order valence-corrected chi connectivity index (χ3v) is 5.68. The largest absolute Gasteiger partial charge is 0.494 e. The van der Waals surface area contributed by atoms with E-state index in [4.69, 9.17) is 4.74 Å². The van der Waals surface area contributed by atoms with E-state index in [-0.39, 0.29) is 11.8 Å². The first-order valence-electron chi connectivity index (χ1n) is 11.0. The van der Waals surface area contributed by atoms with Crippen LogP contribution in [0.1, 0.15) is 58.9 Å². The third-order valence-electron chi connectivity index (χ3n) is 5.68. The minimum Gasteiger partial charge on any atom is -0.494 e. The molecule has 0 N–H and O–H groups in total. The fraction of sp³-hybridized carbons (Fsp3) is 0.583. The second kappa shape index (κ2) is 9.47. The number of benzene rings is 1. The predicted octanol–water partition coefficient (Wildman–Crippen LogP) is 4.33. The van der Waals surface area contributed by atoms with Crippen LogP contribution in [-0.2, 0) is 9.59 Å². The van der Waals surface area contributed by atoms with Crippen molar-refractivity contribution in [2.75, 3.05) is 26.2 Å². The maximum atomic E-state index is 13.3. The molecule has 1 saturated heterocycles. The van der Waals surface area contributed by atoms with E-state index < -0.39 is 0 Å². The molecule has 1 aromatic rings. The SMILES string of the molecule is CCCCN1C(=O)C(c2ccc(OCCC)cc2)=C(N2CC(C)CC(C)C2)C1=O. The molecule has 2 atom stereocenters. The van der Waals surface area contributed by atoms with Gasteiger partial charge in [0.15, 0.2) is 0 Å². The Hall–Kier alpha value is -2.30. The van der Waals surface area contributed by atoms with Gasteiger partial charge in [0.1, 0.15) is 11.4 Å². The highest BCUT2D eigenvalue weighted by molar-refractivity contribution is 6.35. The number of carbonyl (C=O) groups excluding carboxylic acids is 2. The quantitative estimate of drug-likeness (QED) is 0.612. The number of hydrogen-bond donors (Lipinski definition) is 0. The predicted molar refractivity (Wildman–Crippen MR) is 115 cm³/mol. The van der Waals surface area contributed by atoms with Crippen LogP contribution in [0, 0.1) is 11.8 Å². The van der Waals surface area contributed by atoms with Crippen LogP contribution in [0.3, 0.4) is 0 Å². The van der Waals surface area contributed by atoms with Crippen LogP contribution in [0.15, 0.2) is 30.0 Å². The topological polar surface area (TPSA) is 49.9 Å². The number of unbranched alkanes of at least 4 members (excludes halogenated alkanes) is 1. The Kier molecular flexibility index (Phi) is 6.99. The Morgan fingerprint density at radius 2 is 1.62 bits per heavy atom. The van der Waals surface area contributed by atoms with Gasteiger partial charge in [-0.2, -0.15) is 0 Å². The first-order valence-corrected chi connectivity index (χ1v) is 11.0. The van der Waals surface area contributed by atoms with Gasteiger partial charge in [0.25, 0.3) is 11.8 Å². The number of hydrogen-bond acceptors (Lipinski definition) is 4. The molecule has 1 fully saturated rings. The van der Waals surface area contributed by atoms with E-state index in [2.05, 4.69) is 32.6 Å². The molecule has 2 aliphatic heterocycles. The van der Waals surface area contributed by atoms with Gasteiger partial charge < -0.3 is 9.64 Å². The van der Waals surface area contributed by atoms with Gasteiger partial charge in [0, 0.05) is 19.6 Å². The van der Waals surface area contributed by atoms with Gasteiger partial charge in [-0.15, -0.1) is 0 Å². The van der Waals surface area contributed by atoms with Crippen molar-refractivity contribution >= 4 is 17.4 Å². The van der Waals surface area contributed by atoms with Crippen molar-refractivity contribution in [3.05, 3.63) is 35.5 Å². The molecule has 0 aromatic heterocycles. The Bertz CT molecular complexity index is 759. The molecule has 1 aromatic carbocycles. The summed E-state index contributed by atoms with van der Waals surface area (Å²) in [6, 6.07) is 7.60. The molecule has 2 aliphatic rings. The lowest BCUT2D eigenvalue weighted by atomic mass is 9.91. The van der Waals surface area contributed by atoms with Gasteiger partial charge in [-0.1, -0.05) is 46.2 Å². The fourth-order valence-electron chi connectivity index (χ4n) is 4.42. The maximum Gasteiger partial charge on any atom is 0.277 e. The van der Waals surface area contributed by atoms with Crippen molar-refractivity contribution < 1.29 is 14.3 Å². The number of nitrogens with zero attached hydrogens (tertiary/aromatic N) is 2. The molecular formula is C24H34N2O3. The molecule has 2 unspecified atom stereocenters. The summed E-state index contributed by atoms with van der Waals surface area (Å²) in [5, 5.41) is 0. The average Bonchev–Trinajstić information content (AvgIpc) is 2.94. The van der Waals surface area contributed by atoms with Crippen LogP contribution in [0.5, 0.6) is 5.75 Å². The van der Waals surface area contributed by atoms with E-state index in [9.17, 15) is 9.59 Å². The smallest absolute Gasteiger partial charge is 0.277 e. The molecule has 0 aliphatic carbocycles. The number of amides is 2. The van der Waals surface area contributed by atoms with E-state index in [1.807, 2.05) is 24.3 Å². The minimum atomic E-state index is -0.161. The zero-order valence-corrected chi connectivity index (χ0v) is 18.2. The fourth-order valence-corrected chi connectivity index (χ4v) is 4.42. The van der Waals surface area contributed by atoms with Crippen molar-refractivity contribution in [2.45, 2.75) is 53.4 Å². The van der Waals surface area contributed by atoms with E-state index in [0.717, 1.165) is 50.1 Å². The van der Waals surface area contributed by atoms with Crippen molar-refractivity contribution in [3.8, 4) is 5.75 Å². The van der Waals surface area contributed by atoms with E-state index in [0.29, 0.717) is 36.3 Å². The number of carbonyl (C=O) groups is 2. The van der Waals surface area contributed by atoms with E-state index in [1.54, 1.807) is 0 Å². The highest BCUT2D eigenvalue weighted by Gasteiger charge is 2.42. The minimum absolute atomic E-state index is 0.133. The Labute approximate surface area is 174 Å². The highest BCUT2D eigenvalue weighted by atomic mass is 16.5. The normalized spacial score (nSPS) is 22.6. The van der Waals surface area contributed by atoms with Gasteiger partial charge in [-0.25, -0.2) is 0 Å². The molecule has 0 bridgehead atoms. The van der Waals surface area contributed by atoms with Crippen LogP contribution in [0.2, 0.25) is 0 Å². The van der Waals surface area contributed by atoms with Crippen molar-refractivity contribution in [1.82, 2.24) is 9.80 Å². The maximum absolute atomic E-state index is 13.3. The summed E-state index contributed by atoms with van der Waals surface area (Å²) < 4.78 is 5.68. The lowest BCUT2D eigenvalue weighted by Crippen LogP contribution is -2.42. The second-order valence-corrected chi connectivity index (χ2v) is 8.56. The molecule has 158 valence electrons. The Morgan fingerprint density at radius 1 is 0.966 bits per heavy atom. The van der Waals surface area contributed by atoms with Crippen LogP contribution >= 0.6 is 0 Å². The summed E-state index contributed by atoms with van der Waals surface area (Å²) >= 11 is 0. The van der Waals surface area contributed by atoms with Gasteiger partial charge in [-0.05, 0) is 48.8 Å². The number of piperidine rings is 1. The van der Waals surface area contributed by atoms with Crippen LogP contribution in [-0.4, -0.2) is 47.9 Å². The monoisotopic (exact) mass is 398 g/mol. The summed E-state index contributed by atoms with van der Waals surface area (Å²) in [5.74, 6) is 1.50. The average molecular weight is 399 g/mol. The van der Waals surface area contributed by atoms with Crippen LogP contribution < -0.4 is 4.74 Å². The summed E-state index contributed by atoms with van der Waals surface area (Å²) in [7, 11) is 0. The molecule has 5 heteroatoms. The summed E-state index contributed by atoms with van der Waals surface area (Å²) in [6.07, 6.45) is 3.88. The summed E-state index contributed by atoms with van der Waals surface area (Å²) in [4.78, 5) is 30.2. The Morgan fingerprint density at radius 3 is 2.21 bits per heavy atom. The standard InChI is InChI=1S/C24H34N2O3/c1-5-7-12-26-23(27)21(19-8-10-20(11-9-19)29-13-6-2)22(24(26)28)25-15-17(3)14-18(4)16-25/h8-11,17-18H,5-7,12-16H2,1-4H3. The van der Waals surface area contributed by atoms with E-state index in [1.165, 1.54) is 4.90 Å². The number of rotatable bonds is 8. The van der Waals surface area contributed by atoms with Crippen LogP contribution in [0.4, 0.5) is 0 Å². The van der Waals surface area contributed by atoms with Gasteiger partial charge in [0.05, 0.1) is 12.2 Å². The lowest BCUT2D eigenvalue weighted by molar-refractivity contribution is -0.137. The zero-order chi connectivity index (χ0) is 21.0. The lowest BCUT2D eigenvalue weighted by Gasteiger charge is -2.37. The molecule has 29 heavy (non-hydrogen) atoms. The molecule has 2 heterocycles. The Balaban J connectivity index is 1.97. The van der Waals surface area contributed by atoms with Gasteiger partial charge in [-0.3, -0.25) is 14.5 Å². The number of imide groups is 1. The van der Waals surface area contributed by atoms with Crippen molar-refractivity contribution in [2.24, 2.45) is 11.8 Å². The molecular weight excluding hydrogens is 364 g/mol. The van der Waals surface area contributed by atoms with Crippen molar-refractivity contribution in [3.63, 3.8) is 0 Å². The molecule has 3 rings (SSSR count). The van der Waals surface area contributed by atoms with Gasteiger partial charge in [0.2, 0.25) is 0 Å². The summed E-state index contributed by atoms with van der Waals surface area (Å²) in [5.41, 5.74) is 1.94. The zero-order valence-electron chi connectivity index (χ0n) is 18.2. The summed E-state index contributed by atoms with van der Waals surface area (Å²) in [6.45, 7) is 11.4. The molecule has 0 spiro atoms.